The Morgan fingerprint density at radius 1 is 1.38 bits per heavy atom. The van der Waals surface area contributed by atoms with E-state index in [1.807, 2.05) is 16.8 Å². The highest BCUT2D eigenvalue weighted by atomic mass is 79.9. The monoisotopic (exact) mass is 238 g/mol. The summed E-state index contributed by atoms with van der Waals surface area (Å²) < 4.78 is 2.55. The molecule has 0 saturated heterocycles. The Hall–Kier alpha value is -1.29. The van der Waals surface area contributed by atoms with Crippen molar-refractivity contribution in [1.29, 1.82) is 0 Å². The molecular weight excluding hydrogens is 232 g/mol. The van der Waals surface area contributed by atoms with Crippen LogP contribution in [0.1, 0.15) is 0 Å². The van der Waals surface area contributed by atoms with Gasteiger partial charge in [0, 0.05) is 18.5 Å². The molecule has 0 bridgehead atoms. The molecule has 0 aliphatic rings. The first kappa shape index (κ1) is 8.31. The highest BCUT2D eigenvalue weighted by Gasteiger charge is 2.01. The molecule has 0 aliphatic heterocycles. The van der Waals surface area contributed by atoms with E-state index in [-0.39, 0.29) is 5.75 Å². The number of aromatic hydroxyl groups is 1. The predicted molar refractivity (Wildman–Crippen MR) is 52.9 cm³/mol. The Balaban J connectivity index is 2.53. The van der Waals surface area contributed by atoms with Crippen molar-refractivity contribution in [3.05, 3.63) is 41.4 Å². The number of phenolic OH excluding ortho intramolecular Hbond substituents is 1. The average molecular weight is 239 g/mol. The van der Waals surface area contributed by atoms with E-state index >= 15 is 0 Å². The van der Waals surface area contributed by atoms with Gasteiger partial charge in [-0.3, -0.25) is 4.57 Å². The number of imidazole rings is 1. The molecule has 0 aliphatic carbocycles. The number of phenols is 1. The lowest BCUT2D eigenvalue weighted by Gasteiger charge is -2.03. The molecule has 0 unspecified atom stereocenters. The van der Waals surface area contributed by atoms with Gasteiger partial charge in [0.15, 0.2) is 4.73 Å². The van der Waals surface area contributed by atoms with Crippen LogP contribution in [0.2, 0.25) is 0 Å². The standard InChI is InChI=1S/C9H7BrN2O/c10-9-11-4-5-12(9)7-2-1-3-8(13)6-7/h1-6,13H. The van der Waals surface area contributed by atoms with Gasteiger partial charge in [-0.1, -0.05) is 6.07 Å². The second kappa shape index (κ2) is 3.22. The highest BCUT2D eigenvalue weighted by molar-refractivity contribution is 9.10. The Morgan fingerprint density at radius 3 is 2.85 bits per heavy atom. The van der Waals surface area contributed by atoms with E-state index in [9.17, 15) is 5.11 Å². The van der Waals surface area contributed by atoms with Crippen LogP contribution in [0.5, 0.6) is 5.75 Å². The Kier molecular flexibility index (Phi) is 2.06. The molecule has 13 heavy (non-hydrogen) atoms. The van der Waals surface area contributed by atoms with E-state index in [1.165, 1.54) is 0 Å². The fourth-order valence-corrected chi connectivity index (χ4v) is 1.56. The third-order valence-electron chi connectivity index (χ3n) is 1.70. The quantitative estimate of drug-likeness (QED) is 0.829. The van der Waals surface area contributed by atoms with Gasteiger partial charge >= 0.3 is 0 Å². The molecule has 4 heteroatoms. The summed E-state index contributed by atoms with van der Waals surface area (Å²) in [6.07, 6.45) is 3.51. The maximum atomic E-state index is 9.25. The van der Waals surface area contributed by atoms with Crippen molar-refractivity contribution in [2.24, 2.45) is 0 Å². The van der Waals surface area contributed by atoms with Crippen molar-refractivity contribution in [3.8, 4) is 11.4 Å². The van der Waals surface area contributed by atoms with E-state index < -0.39 is 0 Å². The van der Waals surface area contributed by atoms with Gasteiger partial charge in [-0.15, -0.1) is 0 Å². The van der Waals surface area contributed by atoms with Crippen LogP contribution >= 0.6 is 15.9 Å². The topological polar surface area (TPSA) is 38.0 Å². The van der Waals surface area contributed by atoms with Crippen molar-refractivity contribution >= 4 is 15.9 Å². The van der Waals surface area contributed by atoms with Crippen LogP contribution in [0.15, 0.2) is 41.4 Å². The second-order valence-electron chi connectivity index (χ2n) is 2.59. The summed E-state index contributed by atoms with van der Waals surface area (Å²) >= 11 is 3.30. The van der Waals surface area contributed by atoms with Crippen molar-refractivity contribution < 1.29 is 5.11 Å². The summed E-state index contributed by atoms with van der Waals surface area (Å²) in [6, 6.07) is 6.99. The minimum atomic E-state index is 0.248. The Morgan fingerprint density at radius 2 is 2.23 bits per heavy atom. The summed E-state index contributed by atoms with van der Waals surface area (Å²) in [5, 5.41) is 9.25. The largest absolute Gasteiger partial charge is 0.508 e. The molecule has 2 aromatic rings. The summed E-state index contributed by atoms with van der Waals surface area (Å²) in [7, 11) is 0. The van der Waals surface area contributed by atoms with Crippen LogP contribution in [0.25, 0.3) is 5.69 Å². The van der Waals surface area contributed by atoms with Gasteiger partial charge in [-0.25, -0.2) is 4.98 Å². The SMILES string of the molecule is Oc1cccc(-n2ccnc2Br)c1. The molecule has 0 fully saturated rings. The average Bonchev–Trinajstić information content (AvgIpc) is 2.51. The molecule has 1 aromatic heterocycles. The molecule has 1 N–H and O–H groups in total. The lowest BCUT2D eigenvalue weighted by Crippen LogP contribution is -1.91. The van der Waals surface area contributed by atoms with Crippen LogP contribution < -0.4 is 0 Å². The summed E-state index contributed by atoms with van der Waals surface area (Å²) in [4.78, 5) is 4.02. The normalized spacial score (nSPS) is 10.2. The van der Waals surface area contributed by atoms with Crippen molar-refractivity contribution in [1.82, 2.24) is 9.55 Å². The molecule has 1 aromatic carbocycles. The minimum absolute atomic E-state index is 0.248. The summed E-state index contributed by atoms with van der Waals surface area (Å²) in [5.41, 5.74) is 0.879. The van der Waals surface area contributed by atoms with Gasteiger partial charge in [0.25, 0.3) is 0 Å². The predicted octanol–water partition coefficient (Wildman–Crippen LogP) is 2.34. The zero-order valence-electron chi connectivity index (χ0n) is 6.68. The molecule has 0 amide bonds. The number of rotatable bonds is 1. The third kappa shape index (κ3) is 1.58. The lowest BCUT2D eigenvalue weighted by atomic mass is 10.3. The van der Waals surface area contributed by atoms with Gasteiger partial charge in [0.05, 0.1) is 5.69 Å². The van der Waals surface area contributed by atoms with E-state index in [4.69, 9.17) is 0 Å². The maximum absolute atomic E-state index is 9.25. The number of halogens is 1. The molecule has 1 heterocycles. The molecular formula is C9H7BrN2O. The van der Waals surface area contributed by atoms with Crippen LogP contribution in [0.3, 0.4) is 0 Å². The van der Waals surface area contributed by atoms with Crippen molar-refractivity contribution in [3.63, 3.8) is 0 Å². The number of hydrogen-bond donors (Lipinski definition) is 1. The fourth-order valence-electron chi connectivity index (χ4n) is 1.12. The Labute approximate surface area is 83.8 Å². The summed E-state index contributed by atoms with van der Waals surface area (Å²) in [5.74, 6) is 0.248. The first-order chi connectivity index (χ1) is 6.27. The number of aromatic nitrogens is 2. The smallest absolute Gasteiger partial charge is 0.181 e. The number of benzene rings is 1. The fraction of sp³-hybridized carbons (Fsp3) is 0. The summed E-state index contributed by atoms with van der Waals surface area (Å²) in [6.45, 7) is 0. The maximum Gasteiger partial charge on any atom is 0.181 e. The second-order valence-corrected chi connectivity index (χ2v) is 3.30. The number of nitrogens with zero attached hydrogens (tertiary/aromatic N) is 2. The first-order valence-electron chi connectivity index (χ1n) is 3.75. The van der Waals surface area contributed by atoms with Crippen LogP contribution in [-0.2, 0) is 0 Å². The van der Waals surface area contributed by atoms with Gasteiger partial charge in [0.1, 0.15) is 5.75 Å². The van der Waals surface area contributed by atoms with Gasteiger partial charge in [-0.05, 0) is 28.1 Å². The van der Waals surface area contributed by atoms with Gasteiger partial charge in [-0.2, -0.15) is 0 Å². The van der Waals surface area contributed by atoms with E-state index in [0.29, 0.717) is 0 Å². The van der Waals surface area contributed by atoms with Crippen LogP contribution in [0.4, 0.5) is 0 Å². The third-order valence-corrected chi connectivity index (χ3v) is 2.29. The first-order valence-corrected chi connectivity index (χ1v) is 4.55. The molecule has 0 radical (unpaired) electrons. The van der Waals surface area contributed by atoms with Crippen molar-refractivity contribution in [2.75, 3.05) is 0 Å². The van der Waals surface area contributed by atoms with Crippen LogP contribution in [-0.4, -0.2) is 14.7 Å². The van der Waals surface area contributed by atoms with E-state index in [2.05, 4.69) is 20.9 Å². The van der Waals surface area contributed by atoms with Crippen molar-refractivity contribution in [2.45, 2.75) is 0 Å². The number of hydrogen-bond acceptors (Lipinski definition) is 2. The minimum Gasteiger partial charge on any atom is -0.508 e. The molecule has 0 saturated carbocycles. The Bertz CT molecular complexity index is 425. The molecule has 66 valence electrons. The van der Waals surface area contributed by atoms with E-state index in [0.717, 1.165) is 10.4 Å². The highest BCUT2D eigenvalue weighted by Crippen LogP contribution is 2.18. The molecule has 0 spiro atoms. The zero-order valence-corrected chi connectivity index (χ0v) is 8.27. The van der Waals surface area contributed by atoms with Gasteiger partial charge in [0.2, 0.25) is 0 Å². The van der Waals surface area contributed by atoms with E-state index in [1.54, 1.807) is 24.4 Å². The molecule has 3 nitrogen and oxygen atoms in total. The molecule has 0 atom stereocenters. The zero-order chi connectivity index (χ0) is 9.26. The lowest BCUT2D eigenvalue weighted by molar-refractivity contribution is 0.475. The molecule has 2 rings (SSSR count). The van der Waals surface area contributed by atoms with Crippen LogP contribution in [0, 0.1) is 0 Å². The van der Waals surface area contributed by atoms with Gasteiger partial charge < -0.3 is 5.11 Å².